The van der Waals surface area contributed by atoms with E-state index < -0.39 is 0 Å². The van der Waals surface area contributed by atoms with Gasteiger partial charge in [0.2, 0.25) is 0 Å². The molecule has 1 unspecified atom stereocenters. The van der Waals surface area contributed by atoms with E-state index in [0.717, 1.165) is 56.2 Å². The lowest BCUT2D eigenvalue weighted by atomic mass is 9.82. The van der Waals surface area contributed by atoms with Crippen LogP contribution in [0.4, 0.5) is 0 Å². The predicted molar refractivity (Wildman–Crippen MR) is 301 cm³/mol. The van der Waals surface area contributed by atoms with E-state index >= 15 is 0 Å². The fourth-order valence-corrected chi connectivity index (χ4v) is 11.1. The second kappa shape index (κ2) is 17.9. The molecule has 6 nitrogen and oxygen atoms in total. The number of aromatic nitrogens is 2. The van der Waals surface area contributed by atoms with Gasteiger partial charge in [0.15, 0.2) is 0 Å². The molecule has 0 saturated heterocycles. The van der Waals surface area contributed by atoms with Crippen LogP contribution in [0.1, 0.15) is 55.1 Å². The highest BCUT2D eigenvalue weighted by molar-refractivity contribution is 6.12. The first-order valence-electron chi connectivity index (χ1n) is 24.8. The van der Waals surface area contributed by atoms with Crippen molar-refractivity contribution in [2.75, 3.05) is 0 Å². The molecule has 0 aliphatic heterocycles. The zero-order valence-corrected chi connectivity index (χ0v) is 41.0. The van der Waals surface area contributed by atoms with Gasteiger partial charge in [-0.2, -0.15) is 0 Å². The van der Waals surface area contributed by atoms with E-state index in [1.54, 1.807) is 0 Å². The molecule has 0 radical (unpaired) electrons. The zero-order chi connectivity index (χ0) is 49.1. The van der Waals surface area contributed by atoms with E-state index in [2.05, 4.69) is 201 Å². The highest BCUT2D eigenvalue weighted by Gasteiger charge is 2.36. The van der Waals surface area contributed by atoms with Crippen LogP contribution < -0.4 is 16.5 Å². The van der Waals surface area contributed by atoms with Gasteiger partial charge in [-0.1, -0.05) is 166 Å². The van der Waals surface area contributed by atoms with Crippen LogP contribution in [-0.4, -0.2) is 26.0 Å². The summed E-state index contributed by atoms with van der Waals surface area (Å²) in [6, 6.07) is 67.5. The minimum atomic E-state index is -0.0788. The van der Waals surface area contributed by atoms with Crippen molar-refractivity contribution in [3.8, 4) is 33.6 Å². The van der Waals surface area contributed by atoms with Gasteiger partial charge in [0.25, 0.3) is 0 Å². The molecule has 3 heterocycles. The maximum absolute atomic E-state index is 8.01. The lowest BCUT2D eigenvalue weighted by Gasteiger charge is -2.27. The van der Waals surface area contributed by atoms with Gasteiger partial charge in [0, 0.05) is 55.2 Å². The van der Waals surface area contributed by atoms with Crippen molar-refractivity contribution in [1.29, 1.82) is 5.41 Å². The molecule has 350 valence electrons. The van der Waals surface area contributed by atoms with Crippen LogP contribution in [0.15, 0.2) is 217 Å². The maximum Gasteiger partial charge on any atom is 0.142 e. The van der Waals surface area contributed by atoms with Crippen LogP contribution in [0.5, 0.6) is 0 Å². The Kier molecular flexibility index (Phi) is 11.1. The van der Waals surface area contributed by atoms with E-state index in [9.17, 15) is 0 Å². The van der Waals surface area contributed by atoms with E-state index in [-0.39, 0.29) is 11.5 Å². The second-order valence-corrected chi connectivity index (χ2v) is 19.6. The normalized spacial score (nSPS) is 15.0. The van der Waals surface area contributed by atoms with Gasteiger partial charge in [0.05, 0.1) is 28.3 Å². The lowest BCUT2D eigenvalue weighted by Crippen LogP contribution is -2.44. The number of rotatable bonds is 6. The Labute approximate surface area is 419 Å². The van der Waals surface area contributed by atoms with Crippen molar-refractivity contribution in [3.05, 3.63) is 251 Å². The second-order valence-electron chi connectivity index (χ2n) is 19.6. The number of hydrogen-bond donors (Lipinski definition) is 2. The van der Waals surface area contributed by atoms with Gasteiger partial charge >= 0.3 is 0 Å². The van der Waals surface area contributed by atoms with E-state index in [0.29, 0.717) is 5.84 Å². The van der Waals surface area contributed by atoms with Gasteiger partial charge in [-0.05, 0) is 126 Å². The van der Waals surface area contributed by atoms with Crippen molar-refractivity contribution >= 4 is 61.7 Å². The Morgan fingerprint density at radius 1 is 0.639 bits per heavy atom. The van der Waals surface area contributed by atoms with E-state index in [1.807, 2.05) is 60.7 Å². The first-order chi connectivity index (χ1) is 35.2. The average Bonchev–Trinajstić information content (AvgIpc) is 4.13. The molecule has 1 atom stereocenters. The summed E-state index contributed by atoms with van der Waals surface area (Å²) in [4.78, 5) is 0. The predicted octanol–water partition coefficient (Wildman–Crippen LogP) is 14.5. The van der Waals surface area contributed by atoms with Gasteiger partial charge in [0.1, 0.15) is 16.8 Å². The highest BCUT2D eigenvalue weighted by atomic mass is 16.3. The van der Waals surface area contributed by atoms with Crippen molar-refractivity contribution in [1.82, 2.24) is 14.1 Å². The van der Waals surface area contributed by atoms with Crippen molar-refractivity contribution in [2.24, 2.45) is 5.84 Å². The Hall–Kier alpha value is -8.71. The highest BCUT2D eigenvalue weighted by Crippen LogP contribution is 2.51. The first kappa shape index (κ1) is 44.5. The molecule has 0 amide bonds. The Morgan fingerprint density at radius 3 is 2.15 bits per heavy atom. The lowest BCUT2D eigenvalue weighted by molar-refractivity contribution is 0.370. The topological polar surface area (TPSA) is 76.1 Å². The molecule has 72 heavy (non-hydrogen) atoms. The Morgan fingerprint density at radius 2 is 1.36 bits per heavy atom. The van der Waals surface area contributed by atoms with Crippen molar-refractivity contribution in [2.45, 2.75) is 45.6 Å². The summed E-state index contributed by atoms with van der Waals surface area (Å²) < 4.78 is 11.3. The fraction of sp³-hybridized carbons (Fsp3) is 0.106. The molecule has 3 N–H and O–H groups in total. The number of fused-ring (bicyclic) bond motifs is 8. The molecular weight excluding hydrogens is 879 g/mol. The zero-order valence-electron chi connectivity index (χ0n) is 41.0. The van der Waals surface area contributed by atoms with Crippen LogP contribution in [0, 0.1) is 12.3 Å². The number of furan rings is 1. The van der Waals surface area contributed by atoms with Crippen LogP contribution in [-0.2, 0) is 5.41 Å². The number of hydrazine groups is 1. The number of amidine groups is 1. The van der Waals surface area contributed by atoms with Crippen LogP contribution >= 0.6 is 0 Å². The van der Waals surface area contributed by atoms with Crippen molar-refractivity contribution in [3.63, 3.8) is 0 Å². The van der Waals surface area contributed by atoms with Gasteiger partial charge in [-0.15, -0.1) is 0 Å². The number of nitrogens with two attached hydrogens (primary N) is 1. The minimum absolute atomic E-state index is 0.0788. The molecule has 8 aromatic carbocycles. The van der Waals surface area contributed by atoms with Crippen LogP contribution in [0.2, 0.25) is 0 Å². The standard InChI is InChI=1S/C53H40N2O.C13H15N3/c1-5-40-43-19-10-12-21-51(43)56-52(40)30-39-28-36-27-34(23-25-48(36)54(39)38-17-13-14-33(2)26-38)35-22-24-42-45-31-44-41-18-9-11-20-46(41)53(3,4)47(44)32-50(45)55(49(42)29-35)37-15-7-6-8-16-37;14-13(11-7-3-1-4-8-11)16(15)12-9-5-2-6-10-12/h5-32H,1-4H3;1-9,12,14H,10,15H2/b40-5-,52-30+;. The molecule has 11 aromatic rings. The third-order valence-corrected chi connectivity index (χ3v) is 14.8. The fourth-order valence-electron chi connectivity index (χ4n) is 11.1. The molecule has 6 heteroatoms. The largest absolute Gasteiger partial charge is 0.456 e. The summed E-state index contributed by atoms with van der Waals surface area (Å²) >= 11 is 0. The third-order valence-electron chi connectivity index (χ3n) is 14.8. The number of hydrogen-bond acceptors (Lipinski definition) is 3. The number of benzene rings is 8. The summed E-state index contributed by atoms with van der Waals surface area (Å²) in [7, 11) is 0. The summed E-state index contributed by atoms with van der Waals surface area (Å²) in [5, 5.41) is 15.5. The third kappa shape index (κ3) is 7.59. The molecule has 0 saturated carbocycles. The van der Waals surface area contributed by atoms with Gasteiger partial charge < -0.3 is 13.6 Å². The van der Waals surface area contributed by atoms with E-state index in [4.69, 9.17) is 15.7 Å². The molecule has 2 aliphatic carbocycles. The maximum atomic E-state index is 8.01. The molecule has 13 rings (SSSR count). The average molecular weight is 934 g/mol. The molecule has 0 spiro atoms. The molecule has 0 bridgehead atoms. The Bertz CT molecular complexity index is 4110. The number of aryl methyl sites for hydroxylation is 1. The van der Waals surface area contributed by atoms with Gasteiger partial charge in [-0.3, -0.25) is 10.4 Å². The smallest absolute Gasteiger partial charge is 0.142 e. The summed E-state index contributed by atoms with van der Waals surface area (Å²) in [6.45, 7) is 8.96. The summed E-state index contributed by atoms with van der Waals surface area (Å²) in [6.07, 6.45) is 13.2. The molecule has 3 aromatic heterocycles. The Balaban J connectivity index is 0.000000283. The number of para-hydroxylation sites is 2. The number of allylic oxidation sites excluding steroid dienone is 2. The van der Waals surface area contributed by atoms with E-state index in [1.165, 1.54) is 71.1 Å². The monoisotopic (exact) mass is 933 g/mol. The summed E-state index contributed by atoms with van der Waals surface area (Å²) in [5.74, 6) is 6.30. The summed E-state index contributed by atoms with van der Waals surface area (Å²) in [5.41, 5.74) is 18.5. The quantitative estimate of drug-likeness (QED) is 0.0755. The van der Waals surface area contributed by atoms with Crippen molar-refractivity contribution < 1.29 is 4.42 Å². The van der Waals surface area contributed by atoms with Crippen LogP contribution in [0.3, 0.4) is 0 Å². The van der Waals surface area contributed by atoms with Gasteiger partial charge in [-0.25, -0.2) is 5.84 Å². The molecular formula is C66H55N5O. The number of nitrogens with zero attached hydrogens (tertiary/aromatic N) is 3. The molecule has 0 fully saturated rings. The number of nitrogens with one attached hydrogen (secondary N) is 1. The van der Waals surface area contributed by atoms with Crippen LogP contribution in [0.25, 0.3) is 89.5 Å². The SMILES string of the molecule is C/C=c1\c(=C/c2cc3cc(-c4ccc5c6cc7c(cc6n(-c6ccccc6)c5c4)C(C)(C)c4ccccc4-7)ccc3n2-c2cccc(C)c2)oc2ccccc12.N=C(c1ccccc1)N(N)C1C=CC=CC1. The molecule has 2 aliphatic rings. The first-order valence-corrected chi connectivity index (χ1v) is 24.8. The minimum Gasteiger partial charge on any atom is -0.456 e.